The van der Waals surface area contributed by atoms with Gasteiger partial charge in [-0.1, -0.05) is 54.9 Å². The highest BCUT2D eigenvalue weighted by Gasteiger charge is 2.73. The van der Waals surface area contributed by atoms with Gasteiger partial charge < -0.3 is 9.16 Å². The van der Waals surface area contributed by atoms with Gasteiger partial charge >= 0.3 is 5.97 Å². The number of allylic oxidation sites excluding steroid dienone is 2. The Morgan fingerprint density at radius 1 is 1.36 bits per heavy atom. The van der Waals surface area contributed by atoms with Crippen molar-refractivity contribution in [3.8, 4) is 0 Å². The number of hydrogen-bond donors (Lipinski definition) is 0. The van der Waals surface area contributed by atoms with E-state index in [1.54, 1.807) is 0 Å². The molecule has 0 amide bonds. The second-order valence-corrected chi connectivity index (χ2v) is 12.9. The first-order valence-electron chi connectivity index (χ1n) is 7.65. The summed E-state index contributed by atoms with van der Waals surface area (Å²) in [6.07, 6.45) is 7.10. The van der Waals surface area contributed by atoms with Gasteiger partial charge in [0.1, 0.15) is 5.41 Å². The predicted octanol–water partition coefficient (Wildman–Crippen LogP) is 4.84. The van der Waals surface area contributed by atoms with Crippen molar-refractivity contribution in [2.45, 2.75) is 57.3 Å². The highest BCUT2D eigenvalue weighted by Crippen LogP contribution is 2.64. The zero-order chi connectivity index (χ0) is 17.2. The Hall–Kier alpha value is -0.393. The summed E-state index contributed by atoms with van der Waals surface area (Å²) in [5.74, 6) is -0.203. The molecule has 0 aromatic carbocycles. The van der Waals surface area contributed by atoms with Crippen LogP contribution >= 0.6 is 15.9 Å². The second-order valence-electron chi connectivity index (χ2n) is 7.54. The van der Waals surface area contributed by atoms with Gasteiger partial charge in [-0.2, -0.15) is 0 Å². The number of rotatable bonds is 7. The monoisotopic (exact) mass is 388 g/mol. The van der Waals surface area contributed by atoms with E-state index in [9.17, 15) is 4.79 Å². The highest BCUT2D eigenvalue weighted by atomic mass is 79.9. The summed E-state index contributed by atoms with van der Waals surface area (Å²) in [6, 6.07) is 0. The molecule has 0 bridgehead atoms. The molecule has 22 heavy (non-hydrogen) atoms. The van der Waals surface area contributed by atoms with Crippen LogP contribution in [0.5, 0.6) is 0 Å². The van der Waals surface area contributed by atoms with Gasteiger partial charge in [-0.3, -0.25) is 4.79 Å². The maximum absolute atomic E-state index is 12.4. The summed E-state index contributed by atoms with van der Waals surface area (Å²) >= 11 is 3.36. The zero-order valence-corrected chi connectivity index (χ0v) is 17.2. The van der Waals surface area contributed by atoms with E-state index < -0.39 is 19.3 Å². The Morgan fingerprint density at radius 3 is 2.36 bits per heavy atom. The van der Waals surface area contributed by atoms with E-state index in [-0.39, 0.29) is 11.0 Å². The van der Waals surface area contributed by atoms with Crippen molar-refractivity contribution in [1.29, 1.82) is 0 Å². The molecule has 0 heterocycles. The maximum atomic E-state index is 12.4. The molecule has 5 heteroatoms. The highest BCUT2D eigenvalue weighted by molar-refractivity contribution is 9.09. The van der Waals surface area contributed by atoms with Gasteiger partial charge in [0.25, 0.3) is 0 Å². The Bertz CT molecular complexity index is 467. The quantitative estimate of drug-likeness (QED) is 0.271. The molecular weight excluding hydrogens is 360 g/mol. The van der Waals surface area contributed by atoms with Crippen LogP contribution in [-0.4, -0.2) is 32.3 Å². The minimum absolute atomic E-state index is 0.0825. The molecule has 1 aliphatic carbocycles. The topological polar surface area (TPSA) is 35.5 Å². The Labute approximate surface area is 144 Å². The Kier molecular flexibility index (Phi) is 5.91. The summed E-state index contributed by atoms with van der Waals surface area (Å²) < 4.78 is 11.7. The fourth-order valence-corrected chi connectivity index (χ4v) is 4.40. The average Bonchev–Trinajstić information content (AvgIpc) is 3.05. The molecule has 3 nitrogen and oxygen atoms in total. The van der Waals surface area contributed by atoms with E-state index in [1.165, 1.54) is 7.11 Å². The van der Waals surface area contributed by atoms with Crippen LogP contribution in [0.25, 0.3) is 0 Å². The third-order valence-electron chi connectivity index (χ3n) is 5.12. The largest absolute Gasteiger partial charge is 0.468 e. The second kappa shape index (κ2) is 6.61. The first kappa shape index (κ1) is 19.7. The van der Waals surface area contributed by atoms with Gasteiger partial charge in [0.2, 0.25) is 0 Å². The van der Waals surface area contributed by atoms with Crippen LogP contribution in [0, 0.1) is 5.41 Å². The fraction of sp³-hybridized carbons (Fsp3) is 0.706. The molecule has 0 saturated heterocycles. The van der Waals surface area contributed by atoms with Gasteiger partial charge in [-0.15, -0.1) is 6.58 Å². The Morgan fingerprint density at radius 2 is 1.95 bits per heavy atom. The smallest absolute Gasteiger partial charge is 0.315 e. The van der Waals surface area contributed by atoms with Crippen LogP contribution in [0.1, 0.15) is 33.6 Å². The number of alkyl halides is 1. The first-order valence-corrected chi connectivity index (χ1v) is 11.7. The molecule has 1 fully saturated rings. The first-order chi connectivity index (χ1) is 10.0. The lowest BCUT2D eigenvalue weighted by molar-refractivity contribution is -0.149. The molecule has 2 atom stereocenters. The molecule has 1 rings (SSSR count). The summed E-state index contributed by atoms with van der Waals surface area (Å²) in [7, 11) is -0.565. The van der Waals surface area contributed by atoms with Gasteiger partial charge in [-0.05, 0) is 31.0 Å². The van der Waals surface area contributed by atoms with Crippen LogP contribution < -0.4 is 0 Å². The Balaban J connectivity index is 3.10. The van der Waals surface area contributed by atoms with Crippen molar-refractivity contribution < 1.29 is 14.0 Å². The number of carbonyl (C=O) groups is 1. The van der Waals surface area contributed by atoms with Crippen LogP contribution in [0.2, 0.25) is 18.1 Å². The summed E-state index contributed by atoms with van der Waals surface area (Å²) in [5.41, 5.74) is -1.22. The van der Waals surface area contributed by atoms with Crippen LogP contribution in [0.15, 0.2) is 24.8 Å². The van der Waals surface area contributed by atoms with Gasteiger partial charge in [0.05, 0.1) is 12.7 Å². The lowest BCUT2D eigenvalue weighted by atomic mass is 9.97. The summed E-state index contributed by atoms with van der Waals surface area (Å²) in [6.45, 7) is 15.0. The van der Waals surface area contributed by atoms with Crippen molar-refractivity contribution in [3.05, 3.63) is 24.8 Å². The molecule has 1 aliphatic rings. The van der Waals surface area contributed by atoms with Crippen LogP contribution in [0.3, 0.4) is 0 Å². The molecule has 0 radical (unpaired) electrons. The minimum Gasteiger partial charge on any atom is -0.468 e. The number of hydrogen-bond acceptors (Lipinski definition) is 3. The summed E-state index contributed by atoms with van der Waals surface area (Å²) in [5, 5.41) is 0.855. The fourth-order valence-electron chi connectivity index (χ4n) is 2.57. The molecule has 0 N–H and O–H groups in total. The van der Waals surface area contributed by atoms with Crippen molar-refractivity contribution >= 4 is 30.2 Å². The predicted molar refractivity (Wildman–Crippen MR) is 97.8 cm³/mol. The lowest BCUT2D eigenvalue weighted by Gasteiger charge is -2.40. The third kappa shape index (κ3) is 3.41. The number of ether oxygens (including phenoxy) is 1. The van der Waals surface area contributed by atoms with E-state index in [1.807, 2.05) is 18.2 Å². The SMILES string of the molecule is C=C[C@@]1(O[Si](C)(C)C(C)(C)C)C[C@@]1(C/C=C/CBr)C(=O)OC. The maximum Gasteiger partial charge on any atom is 0.315 e. The normalized spacial score (nSPS) is 28.7. The van der Waals surface area contributed by atoms with Gasteiger partial charge in [0.15, 0.2) is 8.32 Å². The number of halogens is 1. The van der Waals surface area contributed by atoms with Crippen molar-refractivity contribution in [3.63, 3.8) is 0 Å². The summed E-state index contributed by atoms with van der Waals surface area (Å²) in [4.78, 5) is 12.4. The van der Waals surface area contributed by atoms with Crippen LogP contribution in [-0.2, 0) is 14.0 Å². The number of methoxy groups -OCH3 is 1. The van der Waals surface area contributed by atoms with E-state index >= 15 is 0 Å². The van der Waals surface area contributed by atoms with Crippen molar-refractivity contribution in [2.75, 3.05) is 12.4 Å². The molecule has 126 valence electrons. The number of esters is 1. The van der Waals surface area contributed by atoms with Crippen molar-refractivity contribution in [1.82, 2.24) is 0 Å². The van der Waals surface area contributed by atoms with Gasteiger partial charge in [0, 0.05) is 5.33 Å². The van der Waals surface area contributed by atoms with E-state index in [0.29, 0.717) is 12.8 Å². The number of carbonyl (C=O) groups excluding carboxylic acids is 1. The molecule has 0 aliphatic heterocycles. The average molecular weight is 389 g/mol. The van der Waals surface area contributed by atoms with Gasteiger partial charge in [-0.25, -0.2) is 0 Å². The zero-order valence-electron chi connectivity index (χ0n) is 14.7. The van der Waals surface area contributed by atoms with Crippen molar-refractivity contribution in [2.24, 2.45) is 5.41 Å². The molecule has 0 spiro atoms. The van der Waals surface area contributed by atoms with E-state index in [4.69, 9.17) is 9.16 Å². The van der Waals surface area contributed by atoms with E-state index in [2.05, 4.69) is 56.4 Å². The third-order valence-corrected chi connectivity index (χ3v) is 9.98. The molecule has 1 saturated carbocycles. The molecule has 0 unspecified atom stereocenters. The lowest BCUT2D eigenvalue weighted by Crippen LogP contribution is -2.46. The van der Waals surface area contributed by atoms with Crippen LogP contribution in [0.4, 0.5) is 0 Å². The van der Waals surface area contributed by atoms with E-state index in [0.717, 1.165) is 5.33 Å². The minimum atomic E-state index is -2.01. The molecular formula is C17H29BrO3Si. The molecule has 0 aromatic rings. The standard InChI is InChI=1S/C17H29BrO3Si/c1-8-17(21-22(6,7)15(2,3)4)13-16(17,14(19)20-5)11-9-10-12-18/h8-10H,1,11-13H2,2-7H3/b10-9+/t16-,17+/m0/s1. The molecule has 0 aromatic heterocycles.